The van der Waals surface area contributed by atoms with Crippen molar-refractivity contribution in [2.45, 2.75) is 25.4 Å². The van der Waals surface area contributed by atoms with E-state index in [2.05, 4.69) is 4.98 Å². The summed E-state index contributed by atoms with van der Waals surface area (Å²) in [5, 5.41) is 0. The van der Waals surface area contributed by atoms with Crippen LogP contribution in [0, 0.1) is 0 Å². The first-order valence-corrected chi connectivity index (χ1v) is 9.66. The number of hydrogen-bond donors (Lipinski definition) is 1. The van der Waals surface area contributed by atoms with E-state index in [-0.39, 0.29) is 43.4 Å². The molecule has 0 atom stereocenters. The number of rotatable bonds is 9. The summed E-state index contributed by atoms with van der Waals surface area (Å²) in [7, 11) is 0. The van der Waals surface area contributed by atoms with Crippen LogP contribution in [0.2, 0.25) is 0 Å². The summed E-state index contributed by atoms with van der Waals surface area (Å²) in [4.78, 5) is 18.3. The number of nitrogens with zero attached hydrogens (tertiary/aromatic N) is 2. The molecule has 2 heterocycles. The number of hydrogen-bond acceptors (Lipinski definition) is 6. The van der Waals surface area contributed by atoms with Gasteiger partial charge in [0.15, 0.2) is 6.61 Å². The molecule has 3 rings (SSSR count). The average molecular weight is 458 g/mol. The first kappa shape index (κ1) is 26.0. The predicted molar refractivity (Wildman–Crippen MR) is 120 cm³/mol. The molecular weight excluding hydrogens is 429 g/mol. The van der Waals surface area contributed by atoms with Gasteiger partial charge >= 0.3 is 0 Å². The molecule has 7 nitrogen and oxygen atoms in total. The van der Waals surface area contributed by atoms with Crippen molar-refractivity contribution in [2.24, 2.45) is 5.73 Å². The molecule has 2 aromatic rings. The van der Waals surface area contributed by atoms with E-state index in [9.17, 15) is 4.79 Å². The molecule has 1 amide bonds. The number of pyridine rings is 1. The number of nitrogens with two attached hydrogens (primary N) is 1. The van der Waals surface area contributed by atoms with Gasteiger partial charge in [0.1, 0.15) is 11.5 Å². The highest BCUT2D eigenvalue weighted by Crippen LogP contribution is 2.22. The van der Waals surface area contributed by atoms with Crippen molar-refractivity contribution >= 4 is 30.7 Å². The molecular formula is C21H29Cl2N3O4. The summed E-state index contributed by atoms with van der Waals surface area (Å²) >= 11 is 0. The number of carbonyl (C=O) groups excluding carboxylic acids is 1. The topological polar surface area (TPSA) is 86.9 Å². The Morgan fingerprint density at radius 3 is 2.40 bits per heavy atom. The lowest BCUT2D eigenvalue weighted by Crippen LogP contribution is -2.43. The number of ether oxygens (including phenoxy) is 3. The molecule has 0 radical (unpaired) electrons. The van der Waals surface area contributed by atoms with Gasteiger partial charge in [-0.05, 0) is 56.1 Å². The number of benzene rings is 1. The van der Waals surface area contributed by atoms with Crippen LogP contribution >= 0.6 is 24.8 Å². The molecule has 0 bridgehead atoms. The number of halogens is 2. The number of carbonyl (C=O) groups is 1. The maximum Gasteiger partial charge on any atom is 0.260 e. The quantitative estimate of drug-likeness (QED) is 0.580. The van der Waals surface area contributed by atoms with Crippen molar-refractivity contribution in [3.05, 3.63) is 48.7 Å². The number of piperidine rings is 1. The van der Waals surface area contributed by atoms with Gasteiger partial charge in [0, 0.05) is 32.0 Å². The standard InChI is InChI=1S/C21H27N3O4.2ClH/c22-11-3-15-26-18-9-13-24(14-10-18)21(25)16-27-17-5-7-19(8-6-17)28-20-4-1-2-12-23-20;;/h1-2,4-8,12,18H,3,9-11,13-16,22H2;2*1H. The Kier molecular flexibility index (Phi) is 12.2. The van der Waals surface area contributed by atoms with Gasteiger partial charge in [0.25, 0.3) is 5.91 Å². The molecule has 1 aromatic carbocycles. The fourth-order valence-corrected chi connectivity index (χ4v) is 2.97. The Morgan fingerprint density at radius 1 is 1.07 bits per heavy atom. The third kappa shape index (κ3) is 8.36. The zero-order valence-electron chi connectivity index (χ0n) is 16.8. The zero-order chi connectivity index (χ0) is 19.6. The summed E-state index contributed by atoms with van der Waals surface area (Å²) in [6.45, 7) is 2.76. The molecule has 30 heavy (non-hydrogen) atoms. The summed E-state index contributed by atoms with van der Waals surface area (Å²) in [6.07, 6.45) is 4.49. The molecule has 166 valence electrons. The van der Waals surface area contributed by atoms with Crippen LogP contribution in [0.4, 0.5) is 0 Å². The highest BCUT2D eigenvalue weighted by molar-refractivity contribution is 5.85. The maximum atomic E-state index is 12.4. The highest BCUT2D eigenvalue weighted by Gasteiger charge is 2.23. The van der Waals surface area contributed by atoms with Gasteiger partial charge in [0.05, 0.1) is 6.10 Å². The Hall–Kier alpha value is -2.06. The minimum Gasteiger partial charge on any atom is -0.484 e. The number of amides is 1. The van der Waals surface area contributed by atoms with Gasteiger partial charge in [-0.1, -0.05) is 6.07 Å². The van der Waals surface area contributed by atoms with Crippen molar-refractivity contribution in [2.75, 3.05) is 32.8 Å². The van der Waals surface area contributed by atoms with Crippen molar-refractivity contribution < 1.29 is 19.0 Å². The van der Waals surface area contributed by atoms with Crippen LogP contribution in [0.25, 0.3) is 0 Å². The predicted octanol–water partition coefficient (Wildman–Crippen LogP) is 3.45. The second-order valence-corrected chi connectivity index (χ2v) is 6.62. The van der Waals surface area contributed by atoms with Crippen molar-refractivity contribution in [3.8, 4) is 17.4 Å². The van der Waals surface area contributed by atoms with E-state index in [0.29, 0.717) is 43.6 Å². The Morgan fingerprint density at radius 2 is 1.77 bits per heavy atom. The van der Waals surface area contributed by atoms with Gasteiger partial charge in [-0.2, -0.15) is 0 Å². The minimum absolute atomic E-state index is 0. The molecule has 1 aromatic heterocycles. The molecule has 0 aliphatic carbocycles. The lowest BCUT2D eigenvalue weighted by Gasteiger charge is -2.31. The third-order valence-corrected chi connectivity index (χ3v) is 4.54. The number of aromatic nitrogens is 1. The van der Waals surface area contributed by atoms with Crippen LogP contribution in [0.15, 0.2) is 48.7 Å². The number of likely N-dealkylation sites (tertiary alicyclic amines) is 1. The van der Waals surface area contributed by atoms with Crippen molar-refractivity contribution in [3.63, 3.8) is 0 Å². The molecule has 2 N–H and O–H groups in total. The van der Waals surface area contributed by atoms with E-state index < -0.39 is 0 Å². The Labute approximate surface area is 189 Å². The lowest BCUT2D eigenvalue weighted by atomic mass is 10.1. The fourth-order valence-electron chi connectivity index (χ4n) is 2.97. The van der Waals surface area contributed by atoms with Gasteiger partial charge < -0.3 is 24.8 Å². The normalized spacial score (nSPS) is 13.7. The summed E-state index contributed by atoms with van der Waals surface area (Å²) in [5.74, 6) is 1.81. The third-order valence-electron chi connectivity index (χ3n) is 4.54. The van der Waals surface area contributed by atoms with Gasteiger partial charge in [-0.3, -0.25) is 4.79 Å². The zero-order valence-corrected chi connectivity index (χ0v) is 18.4. The smallest absolute Gasteiger partial charge is 0.260 e. The maximum absolute atomic E-state index is 12.4. The summed E-state index contributed by atoms with van der Waals surface area (Å²) in [6, 6.07) is 12.6. The van der Waals surface area contributed by atoms with Crippen LogP contribution in [-0.4, -0.2) is 54.7 Å². The molecule has 0 unspecified atom stereocenters. The van der Waals surface area contributed by atoms with Gasteiger partial charge in [-0.25, -0.2) is 4.98 Å². The SMILES string of the molecule is Cl.Cl.NCCCOC1CCN(C(=O)COc2ccc(Oc3ccccn3)cc2)CC1. The van der Waals surface area contributed by atoms with Crippen LogP contribution < -0.4 is 15.2 Å². The summed E-state index contributed by atoms with van der Waals surface area (Å²) < 4.78 is 17.0. The van der Waals surface area contributed by atoms with Crippen LogP contribution in [0.3, 0.4) is 0 Å². The van der Waals surface area contributed by atoms with Gasteiger partial charge in [0.2, 0.25) is 5.88 Å². The monoisotopic (exact) mass is 457 g/mol. The van der Waals surface area contributed by atoms with E-state index in [1.807, 2.05) is 17.0 Å². The van der Waals surface area contributed by atoms with Crippen molar-refractivity contribution in [1.82, 2.24) is 9.88 Å². The molecule has 9 heteroatoms. The largest absolute Gasteiger partial charge is 0.484 e. The van der Waals surface area contributed by atoms with Crippen LogP contribution in [0.1, 0.15) is 19.3 Å². The van der Waals surface area contributed by atoms with E-state index in [4.69, 9.17) is 19.9 Å². The van der Waals surface area contributed by atoms with E-state index in [1.54, 1.807) is 36.5 Å². The fraction of sp³-hybridized carbons (Fsp3) is 0.429. The Balaban J connectivity index is 0.00000225. The Bertz CT molecular complexity index is 727. The first-order valence-electron chi connectivity index (χ1n) is 9.66. The second-order valence-electron chi connectivity index (χ2n) is 6.62. The van der Waals surface area contributed by atoms with E-state index in [0.717, 1.165) is 19.3 Å². The van der Waals surface area contributed by atoms with Crippen molar-refractivity contribution in [1.29, 1.82) is 0 Å². The highest BCUT2D eigenvalue weighted by atomic mass is 35.5. The van der Waals surface area contributed by atoms with Crippen LogP contribution in [-0.2, 0) is 9.53 Å². The molecule has 1 aliphatic rings. The first-order chi connectivity index (χ1) is 13.7. The van der Waals surface area contributed by atoms with E-state index in [1.165, 1.54) is 0 Å². The minimum atomic E-state index is -0.00535. The van der Waals surface area contributed by atoms with Gasteiger partial charge in [-0.15, -0.1) is 24.8 Å². The molecule has 1 saturated heterocycles. The molecule has 0 spiro atoms. The molecule has 1 aliphatic heterocycles. The van der Waals surface area contributed by atoms with Crippen LogP contribution in [0.5, 0.6) is 17.4 Å². The molecule has 0 saturated carbocycles. The summed E-state index contributed by atoms with van der Waals surface area (Å²) in [5.41, 5.74) is 5.47. The average Bonchev–Trinajstić information content (AvgIpc) is 2.74. The van der Waals surface area contributed by atoms with E-state index >= 15 is 0 Å². The second kappa shape index (κ2) is 14.0. The molecule has 1 fully saturated rings. The lowest BCUT2D eigenvalue weighted by molar-refractivity contribution is -0.136.